The van der Waals surface area contributed by atoms with Crippen molar-refractivity contribution in [2.75, 3.05) is 12.3 Å². The van der Waals surface area contributed by atoms with Crippen molar-refractivity contribution in [3.63, 3.8) is 0 Å². The van der Waals surface area contributed by atoms with Gasteiger partial charge in [0.25, 0.3) is 0 Å². The summed E-state index contributed by atoms with van der Waals surface area (Å²) < 4.78 is 5.61. The zero-order chi connectivity index (χ0) is 12.5. The van der Waals surface area contributed by atoms with Crippen molar-refractivity contribution in [3.8, 4) is 0 Å². The number of nitrogen functional groups attached to an aromatic ring is 1. The molecule has 1 fully saturated rings. The molecular formula is C13H15N3O2. The van der Waals surface area contributed by atoms with Gasteiger partial charge in [-0.2, -0.15) is 0 Å². The molecule has 1 saturated heterocycles. The molecule has 1 aromatic carbocycles. The molecule has 0 aliphatic carbocycles. The molecule has 1 aliphatic rings. The summed E-state index contributed by atoms with van der Waals surface area (Å²) in [7, 11) is 0. The lowest BCUT2D eigenvalue weighted by Gasteiger charge is -2.25. The minimum Gasteiger partial charge on any atom is -0.439 e. The Morgan fingerprint density at radius 1 is 1.39 bits per heavy atom. The molecule has 94 valence electrons. The van der Waals surface area contributed by atoms with Gasteiger partial charge < -0.3 is 15.1 Å². The summed E-state index contributed by atoms with van der Waals surface area (Å²) in [4.78, 5) is 17.9. The Labute approximate surface area is 105 Å². The number of oxazole rings is 1. The van der Waals surface area contributed by atoms with Crippen molar-refractivity contribution in [2.24, 2.45) is 0 Å². The fraction of sp³-hybridized carbons (Fsp3) is 0.385. The lowest BCUT2D eigenvalue weighted by molar-refractivity contribution is -0.134. The Bertz CT molecular complexity index is 591. The van der Waals surface area contributed by atoms with E-state index in [2.05, 4.69) is 4.98 Å². The first-order valence-corrected chi connectivity index (χ1v) is 6.16. The second kappa shape index (κ2) is 4.33. The summed E-state index contributed by atoms with van der Waals surface area (Å²) in [6, 6.07) is 5.46. The summed E-state index contributed by atoms with van der Waals surface area (Å²) in [6.07, 6.45) is 2.66. The van der Waals surface area contributed by atoms with Crippen molar-refractivity contribution in [1.82, 2.24) is 9.88 Å². The van der Waals surface area contributed by atoms with Gasteiger partial charge in [0.1, 0.15) is 5.52 Å². The van der Waals surface area contributed by atoms with Gasteiger partial charge in [0.15, 0.2) is 5.58 Å². The summed E-state index contributed by atoms with van der Waals surface area (Å²) in [5.74, 6) is 0.731. The molecular weight excluding hydrogens is 230 g/mol. The van der Waals surface area contributed by atoms with Crippen molar-refractivity contribution in [3.05, 3.63) is 24.1 Å². The fourth-order valence-electron chi connectivity index (χ4n) is 2.28. The van der Waals surface area contributed by atoms with Gasteiger partial charge in [-0.15, -0.1) is 0 Å². The number of carbonyl (C=O) groups is 1. The fourth-order valence-corrected chi connectivity index (χ4v) is 2.28. The van der Waals surface area contributed by atoms with Crippen LogP contribution in [0, 0.1) is 0 Å². The van der Waals surface area contributed by atoms with Crippen LogP contribution >= 0.6 is 0 Å². The highest BCUT2D eigenvalue weighted by Crippen LogP contribution is 2.22. The number of benzene rings is 1. The predicted octanol–water partition coefficient (Wildman–Crippen LogP) is 1.92. The highest BCUT2D eigenvalue weighted by atomic mass is 16.3. The van der Waals surface area contributed by atoms with E-state index in [0.717, 1.165) is 19.4 Å². The normalized spacial score (nSPS) is 16.4. The monoisotopic (exact) mass is 245 g/mol. The molecule has 1 aliphatic heterocycles. The minimum atomic E-state index is 0.177. The van der Waals surface area contributed by atoms with Crippen molar-refractivity contribution in [2.45, 2.75) is 25.8 Å². The summed E-state index contributed by atoms with van der Waals surface area (Å²) in [6.45, 7) is 1.22. The number of hydrogen-bond acceptors (Lipinski definition) is 4. The van der Waals surface area contributed by atoms with E-state index in [4.69, 9.17) is 10.2 Å². The van der Waals surface area contributed by atoms with Crippen molar-refractivity contribution < 1.29 is 9.21 Å². The molecule has 5 nitrogen and oxygen atoms in total. The highest BCUT2D eigenvalue weighted by Gasteiger charge is 2.20. The Morgan fingerprint density at radius 3 is 3.06 bits per heavy atom. The molecule has 1 aromatic heterocycles. The van der Waals surface area contributed by atoms with E-state index in [1.807, 2.05) is 12.1 Å². The standard InChI is InChI=1S/C13H15N3O2/c14-9-4-3-5-10-13(9)15-11(18-10)8-16-7-2-1-6-12(16)17/h3-5H,1-2,6-8,14H2. The second-order valence-electron chi connectivity index (χ2n) is 4.57. The van der Waals surface area contributed by atoms with Crippen LogP contribution in [-0.4, -0.2) is 22.3 Å². The van der Waals surface area contributed by atoms with Crippen LogP contribution < -0.4 is 5.73 Å². The molecule has 2 heterocycles. The predicted molar refractivity (Wildman–Crippen MR) is 67.7 cm³/mol. The molecule has 18 heavy (non-hydrogen) atoms. The number of amides is 1. The molecule has 5 heteroatoms. The van der Waals surface area contributed by atoms with Gasteiger partial charge in [-0.25, -0.2) is 4.98 Å². The summed E-state index contributed by atoms with van der Waals surface area (Å²) in [5.41, 5.74) is 7.78. The number of piperidine rings is 1. The van der Waals surface area contributed by atoms with Crippen molar-refractivity contribution in [1.29, 1.82) is 0 Å². The van der Waals surface area contributed by atoms with Crippen LogP contribution in [0.25, 0.3) is 11.1 Å². The Morgan fingerprint density at radius 2 is 2.28 bits per heavy atom. The first-order valence-electron chi connectivity index (χ1n) is 6.16. The SMILES string of the molecule is Nc1cccc2oc(CN3CCCCC3=O)nc12. The van der Waals surface area contributed by atoms with E-state index >= 15 is 0 Å². The number of rotatable bonds is 2. The van der Waals surface area contributed by atoms with E-state index in [1.165, 1.54) is 0 Å². The maximum Gasteiger partial charge on any atom is 0.223 e. The maximum absolute atomic E-state index is 11.7. The molecule has 0 bridgehead atoms. The lowest BCUT2D eigenvalue weighted by Crippen LogP contribution is -2.34. The quantitative estimate of drug-likeness (QED) is 0.820. The van der Waals surface area contributed by atoms with Gasteiger partial charge in [0, 0.05) is 13.0 Å². The number of anilines is 1. The van der Waals surface area contributed by atoms with Gasteiger partial charge in [-0.05, 0) is 25.0 Å². The molecule has 2 N–H and O–H groups in total. The molecule has 0 atom stereocenters. The summed E-state index contributed by atoms with van der Waals surface area (Å²) in [5, 5.41) is 0. The van der Waals surface area contributed by atoms with Crippen LogP contribution in [-0.2, 0) is 11.3 Å². The third-order valence-electron chi connectivity index (χ3n) is 3.24. The van der Waals surface area contributed by atoms with Crippen LogP contribution in [0.5, 0.6) is 0 Å². The average molecular weight is 245 g/mol. The molecule has 0 radical (unpaired) electrons. The number of fused-ring (bicyclic) bond motifs is 1. The molecule has 0 spiro atoms. The van der Waals surface area contributed by atoms with E-state index in [1.54, 1.807) is 11.0 Å². The topological polar surface area (TPSA) is 72.4 Å². The van der Waals surface area contributed by atoms with Crippen LogP contribution in [0.1, 0.15) is 25.2 Å². The van der Waals surface area contributed by atoms with Gasteiger partial charge in [-0.1, -0.05) is 6.07 Å². The van der Waals surface area contributed by atoms with E-state index < -0.39 is 0 Å². The van der Waals surface area contributed by atoms with Crippen LogP contribution in [0.3, 0.4) is 0 Å². The van der Waals surface area contributed by atoms with Crippen molar-refractivity contribution >= 4 is 22.7 Å². The highest BCUT2D eigenvalue weighted by molar-refractivity contribution is 5.85. The first kappa shape index (κ1) is 11.1. The molecule has 1 amide bonds. The van der Waals surface area contributed by atoms with Gasteiger partial charge >= 0.3 is 0 Å². The molecule has 0 saturated carbocycles. The molecule has 2 aromatic rings. The third kappa shape index (κ3) is 1.92. The average Bonchev–Trinajstić information content (AvgIpc) is 2.76. The van der Waals surface area contributed by atoms with E-state index in [9.17, 15) is 4.79 Å². The van der Waals surface area contributed by atoms with E-state index in [0.29, 0.717) is 35.6 Å². The number of nitrogens with two attached hydrogens (primary N) is 1. The second-order valence-corrected chi connectivity index (χ2v) is 4.57. The number of carbonyl (C=O) groups excluding carboxylic acids is 1. The zero-order valence-corrected chi connectivity index (χ0v) is 10.1. The third-order valence-corrected chi connectivity index (χ3v) is 3.24. The summed E-state index contributed by atoms with van der Waals surface area (Å²) >= 11 is 0. The first-order chi connectivity index (χ1) is 8.74. The molecule has 0 unspecified atom stereocenters. The smallest absolute Gasteiger partial charge is 0.223 e. The van der Waals surface area contributed by atoms with Crippen LogP contribution in [0.2, 0.25) is 0 Å². The lowest BCUT2D eigenvalue weighted by atomic mass is 10.1. The maximum atomic E-state index is 11.7. The Kier molecular flexibility index (Phi) is 2.66. The largest absolute Gasteiger partial charge is 0.439 e. The zero-order valence-electron chi connectivity index (χ0n) is 10.1. The number of likely N-dealkylation sites (tertiary alicyclic amines) is 1. The molecule has 3 rings (SSSR count). The van der Waals surface area contributed by atoms with E-state index in [-0.39, 0.29) is 5.91 Å². The Hall–Kier alpha value is -2.04. The number of aromatic nitrogens is 1. The van der Waals surface area contributed by atoms with Gasteiger partial charge in [0.05, 0.1) is 12.2 Å². The van der Waals surface area contributed by atoms with Gasteiger partial charge in [-0.3, -0.25) is 4.79 Å². The van der Waals surface area contributed by atoms with Gasteiger partial charge in [0.2, 0.25) is 11.8 Å². The number of para-hydroxylation sites is 1. The van der Waals surface area contributed by atoms with Crippen LogP contribution in [0.4, 0.5) is 5.69 Å². The number of hydrogen-bond donors (Lipinski definition) is 1. The Balaban J connectivity index is 1.86. The van der Waals surface area contributed by atoms with Crippen LogP contribution in [0.15, 0.2) is 22.6 Å². The number of nitrogens with zero attached hydrogens (tertiary/aromatic N) is 2. The minimum absolute atomic E-state index is 0.177.